The van der Waals surface area contributed by atoms with E-state index in [1.807, 2.05) is 0 Å². The average Bonchev–Trinajstić information content (AvgIpc) is 2.46. The van der Waals surface area contributed by atoms with Crippen molar-refractivity contribution in [3.63, 3.8) is 0 Å². The Hall–Kier alpha value is -2.49. The molecular formula is C15H12O4. The van der Waals surface area contributed by atoms with E-state index in [9.17, 15) is 14.4 Å². The Balaban J connectivity index is 1.91. The predicted molar refractivity (Wildman–Crippen MR) is 68.5 cm³/mol. The van der Waals surface area contributed by atoms with Crippen molar-refractivity contribution in [2.24, 2.45) is 5.92 Å². The van der Waals surface area contributed by atoms with Gasteiger partial charge in [-0.15, -0.1) is 0 Å². The highest BCUT2D eigenvalue weighted by molar-refractivity contribution is 6.10. The number of hydrogen-bond acceptors (Lipinski definition) is 4. The molecule has 1 aliphatic carbocycles. The molecule has 0 radical (unpaired) electrons. The second-order valence-corrected chi connectivity index (χ2v) is 4.03. The molecule has 96 valence electrons. The summed E-state index contributed by atoms with van der Waals surface area (Å²) in [4.78, 5) is 34.8. The first-order valence-corrected chi connectivity index (χ1v) is 5.82. The molecule has 4 heteroatoms. The first kappa shape index (κ1) is 13.0. The van der Waals surface area contributed by atoms with Gasteiger partial charge in [-0.05, 0) is 18.2 Å². The predicted octanol–water partition coefficient (Wildman–Crippen LogP) is 1.72. The van der Waals surface area contributed by atoms with Gasteiger partial charge in [-0.2, -0.15) is 0 Å². The van der Waals surface area contributed by atoms with Crippen LogP contribution in [0.15, 0.2) is 54.6 Å². The van der Waals surface area contributed by atoms with Crippen LogP contribution < -0.4 is 0 Å². The zero-order valence-electron chi connectivity index (χ0n) is 10.1. The molecule has 1 unspecified atom stereocenters. The highest BCUT2D eigenvalue weighted by atomic mass is 16.5. The number of esters is 1. The van der Waals surface area contributed by atoms with E-state index >= 15 is 0 Å². The number of carbonyl (C=O) groups excluding carboxylic acids is 3. The third-order valence-corrected chi connectivity index (χ3v) is 2.68. The topological polar surface area (TPSA) is 60.4 Å². The summed E-state index contributed by atoms with van der Waals surface area (Å²) in [5, 5.41) is 0. The van der Waals surface area contributed by atoms with E-state index in [1.54, 1.807) is 42.5 Å². The van der Waals surface area contributed by atoms with Crippen LogP contribution in [0.25, 0.3) is 0 Å². The third kappa shape index (κ3) is 3.25. The fraction of sp³-hybridized carbons (Fsp3) is 0.133. The molecule has 4 nitrogen and oxygen atoms in total. The molecule has 0 N–H and O–H groups in total. The van der Waals surface area contributed by atoms with Gasteiger partial charge in [0.05, 0.1) is 5.56 Å². The summed E-state index contributed by atoms with van der Waals surface area (Å²) in [5.74, 6) is -2.12. The standard InChI is InChI=1S/C15H12O4/c16-13-9-5-4-8-12(13)14(17)10-19-15(18)11-6-2-1-3-7-11/h1-9,12H,10H2. The monoisotopic (exact) mass is 256 g/mol. The number of carbonyl (C=O) groups is 3. The van der Waals surface area contributed by atoms with Gasteiger partial charge in [0, 0.05) is 0 Å². The minimum atomic E-state index is -0.839. The van der Waals surface area contributed by atoms with Gasteiger partial charge in [0.1, 0.15) is 5.92 Å². The smallest absolute Gasteiger partial charge is 0.338 e. The van der Waals surface area contributed by atoms with Crippen LogP contribution in [-0.2, 0) is 14.3 Å². The molecule has 1 aliphatic rings. The van der Waals surface area contributed by atoms with E-state index in [-0.39, 0.29) is 5.78 Å². The molecule has 0 amide bonds. The number of allylic oxidation sites excluding steroid dienone is 4. The number of Topliss-reactive ketones (excluding diaryl/α,β-unsaturated/α-hetero) is 1. The fourth-order valence-corrected chi connectivity index (χ4v) is 1.67. The first-order chi connectivity index (χ1) is 9.18. The number of benzene rings is 1. The van der Waals surface area contributed by atoms with Crippen molar-refractivity contribution in [3.8, 4) is 0 Å². The molecule has 1 atom stereocenters. The van der Waals surface area contributed by atoms with Crippen molar-refractivity contribution in [1.82, 2.24) is 0 Å². The Kier molecular flexibility index (Phi) is 4.03. The van der Waals surface area contributed by atoms with Crippen molar-refractivity contribution in [1.29, 1.82) is 0 Å². The van der Waals surface area contributed by atoms with Crippen molar-refractivity contribution in [2.75, 3.05) is 6.61 Å². The Morgan fingerprint density at radius 1 is 1.11 bits per heavy atom. The molecule has 1 aromatic carbocycles. The van der Waals surface area contributed by atoms with Gasteiger partial charge in [0.15, 0.2) is 18.2 Å². The Morgan fingerprint density at radius 3 is 2.53 bits per heavy atom. The SMILES string of the molecule is O=C(OCC(=O)C1C=CC=CC1=O)c1ccccc1. The lowest BCUT2D eigenvalue weighted by molar-refractivity contribution is -0.130. The van der Waals surface area contributed by atoms with E-state index in [4.69, 9.17) is 4.74 Å². The van der Waals surface area contributed by atoms with Gasteiger partial charge >= 0.3 is 5.97 Å². The molecule has 1 aromatic rings. The Morgan fingerprint density at radius 2 is 1.84 bits per heavy atom. The minimum absolute atomic E-state index is 0.289. The summed E-state index contributed by atoms with van der Waals surface area (Å²) in [6, 6.07) is 8.38. The van der Waals surface area contributed by atoms with Gasteiger partial charge in [0.25, 0.3) is 0 Å². The lowest BCUT2D eigenvalue weighted by atomic mass is 9.95. The Labute approximate surface area is 110 Å². The quantitative estimate of drug-likeness (QED) is 0.608. The second-order valence-electron chi connectivity index (χ2n) is 4.03. The number of ketones is 2. The van der Waals surface area contributed by atoms with Gasteiger partial charge in [-0.1, -0.05) is 36.4 Å². The lowest BCUT2D eigenvalue weighted by Gasteiger charge is -2.10. The minimum Gasteiger partial charge on any atom is -0.454 e. The average molecular weight is 256 g/mol. The van der Waals surface area contributed by atoms with Gasteiger partial charge < -0.3 is 4.74 Å². The largest absolute Gasteiger partial charge is 0.454 e. The van der Waals surface area contributed by atoms with E-state index < -0.39 is 24.3 Å². The van der Waals surface area contributed by atoms with Crippen molar-refractivity contribution >= 4 is 17.5 Å². The molecule has 0 aromatic heterocycles. The molecule has 0 fully saturated rings. The van der Waals surface area contributed by atoms with Crippen LogP contribution in [0.3, 0.4) is 0 Å². The molecule has 2 rings (SSSR count). The van der Waals surface area contributed by atoms with E-state index in [2.05, 4.69) is 0 Å². The van der Waals surface area contributed by atoms with Crippen molar-refractivity contribution < 1.29 is 19.1 Å². The number of hydrogen-bond donors (Lipinski definition) is 0. The highest BCUT2D eigenvalue weighted by Crippen LogP contribution is 2.10. The van der Waals surface area contributed by atoms with Crippen molar-refractivity contribution in [3.05, 3.63) is 60.2 Å². The normalized spacial score (nSPS) is 17.3. The van der Waals surface area contributed by atoms with Crippen LogP contribution in [0, 0.1) is 5.92 Å². The molecular weight excluding hydrogens is 244 g/mol. The molecule has 0 heterocycles. The molecule has 0 bridgehead atoms. The maximum Gasteiger partial charge on any atom is 0.338 e. The molecule has 0 saturated carbocycles. The second kappa shape index (κ2) is 5.91. The number of rotatable bonds is 4. The number of ether oxygens (including phenoxy) is 1. The molecule has 19 heavy (non-hydrogen) atoms. The van der Waals surface area contributed by atoms with Crippen molar-refractivity contribution in [2.45, 2.75) is 0 Å². The summed E-state index contributed by atoms with van der Waals surface area (Å²) >= 11 is 0. The van der Waals surface area contributed by atoms with Crippen LogP contribution in [-0.4, -0.2) is 24.1 Å². The van der Waals surface area contributed by atoms with E-state index in [0.717, 1.165) is 0 Å². The van der Waals surface area contributed by atoms with Crippen LogP contribution in [0.2, 0.25) is 0 Å². The summed E-state index contributed by atoms with van der Waals surface area (Å²) in [6.45, 7) is -0.400. The Bertz CT molecular complexity index is 555. The summed E-state index contributed by atoms with van der Waals surface area (Å²) in [7, 11) is 0. The molecule has 0 spiro atoms. The van der Waals surface area contributed by atoms with Crippen LogP contribution >= 0.6 is 0 Å². The van der Waals surface area contributed by atoms with Crippen LogP contribution in [0.1, 0.15) is 10.4 Å². The highest BCUT2D eigenvalue weighted by Gasteiger charge is 2.24. The van der Waals surface area contributed by atoms with Crippen LogP contribution in [0.4, 0.5) is 0 Å². The van der Waals surface area contributed by atoms with Gasteiger partial charge in [-0.25, -0.2) is 4.79 Å². The van der Waals surface area contributed by atoms with Gasteiger partial charge in [-0.3, -0.25) is 9.59 Å². The first-order valence-electron chi connectivity index (χ1n) is 5.82. The summed E-state index contributed by atoms with van der Waals surface area (Å²) < 4.78 is 4.89. The van der Waals surface area contributed by atoms with Crippen LogP contribution in [0.5, 0.6) is 0 Å². The zero-order valence-corrected chi connectivity index (χ0v) is 10.1. The maximum atomic E-state index is 11.8. The summed E-state index contributed by atoms with van der Waals surface area (Å²) in [6.07, 6.45) is 6.04. The van der Waals surface area contributed by atoms with Gasteiger partial charge in [0.2, 0.25) is 0 Å². The fourth-order valence-electron chi connectivity index (χ4n) is 1.67. The third-order valence-electron chi connectivity index (χ3n) is 2.68. The summed E-state index contributed by atoms with van der Waals surface area (Å²) in [5.41, 5.74) is 0.376. The molecule has 0 aliphatic heterocycles. The lowest BCUT2D eigenvalue weighted by Crippen LogP contribution is -2.27. The zero-order chi connectivity index (χ0) is 13.7. The molecule has 0 saturated heterocycles. The van der Waals surface area contributed by atoms with E-state index in [0.29, 0.717) is 5.56 Å². The van der Waals surface area contributed by atoms with E-state index in [1.165, 1.54) is 12.2 Å². The maximum absolute atomic E-state index is 11.8.